The Bertz CT molecular complexity index is 922. The fourth-order valence-electron chi connectivity index (χ4n) is 3.99. The predicted molar refractivity (Wildman–Crippen MR) is 136 cm³/mol. The van der Waals surface area contributed by atoms with Crippen molar-refractivity contribution in [3.05, 3.63) is 71.3 Å². The second kappa shape index (κ2) is 12.0. The van der Waals surface area contributed by atoms with Crippen LogP contribution >= 0.6 is 0 Å². The lowest BCUT2D eigenvalue weighted by Gasteiger charge is -2.23. The van der Waals surface area contributed by atoms with Gasteiger partial charge in [-0.3, -0.25) is 4.79 Å². The Kier molecular flexibility index (Phi) is 9.11. The quantitative estimate of drug-likeness (QED) is 0.416. The Morgan fingerprint density at radius 1 is 1.03 bits per heavy atom. The van der Waals surface area contributed by atoms with Crippen LogP contribution in [-0.2, 0) is 16.1 Å². The molecule has 1 unspecified atom stereocenters. The number of nitrogens with one attached hydrogen (secondary N) is 3. The second-order valence-electron chi connectivity index (χ2n) is 10.2. The zero-order valence-electron chi connectivity index (χ0n) is 20.9. The van der Waals surface area contributed by atoms with Gasteiger partial charge in [-0.1, -0.05) is 60.2 Å². The van der Waals surface area contributed by atoms with Crippen LogP contribution < -0.4 is 16.0 Å². The van der Waals surface area contributed by atoms with Crippen molar-refractivity contribution in [2.24, 2.45) is 0 Å². The lowest BCUT2D eigenvalue weighted by atomic mass is 10.1. The molecule has 2 aromatic carbocycles. The van der Waals surface area contributed by atoms with Gasteiger partial charge >= 0.3 is 6.09 Å². The molecule has 3 rings (SSSR count). The minimum absolute atomic E-state index is 0.189. The molecule has 1 aliphatic rings. The number of hydrogen-bond donors (Lipinski definition) is 3. The van der Waals surface area contributed by atoms with E-state index in [4.69, 9.17) is 4.74 Å². The van der Waals surface area contributed by atoms with Crippen LogP contribution in [0.1, 0.15) is 69.1 Å². The van der Waals surface area contributed by atoms with Crippen molar-refractivity contribution in [1.82, 2.24) is 16.0 Å². The van der Waals surface area contributed by atoms with Crippen molar-refractivity contribution in [1.29, 1.82) is 0 Å². The molecule has 0 bridgehead atoms. The zero-order valence-corrected chi connectivity index (χ0v) is 20.9. The van der Waals surface area contributed by atoms with Gasteiger partial charge in [-0.2, -0.15) is 0 Å². The molecule has 34 heavy (non-hydrogen) atoms. The first kappa shape index (κ1) is 25.8. The highest BCUT2D eigenvalue weighted by molar-refractivity contribution is 5.85. The maximum Gasteiger partial charge on any atom is 0.408 e. The highest BCUT2D eigenvalue weighted by Crippen LogP contribution is 2.40. The van der Waals surface area contributed by atoms with E-state index in [1.165, 1.54) is 17.5 Å². The summed E-state index contributed by atoms with van der Waals surface area (Å²) < 4.78 is 5.37. The van der Waals surface area contributed by atoms with Crippen molar-refractivity contribution in [2.45, 2.75) is 83.5 Å². The van der Waals surface area contributed by atoms with Gasteiger partial charge in [-0.15, -0.1) is 0 Å². The minimum Gasteiger partial charge on any atom is -0.444 e. The summed E-state index contributed by atoms with van der Waals surface area (Å²) in [5, 5.41) is 9.34. The van der Waals surface area contributed by atoms with E-state index in [-0.39, 0.29) is 5.91 Å². The summed E-state index contributed by atoms with van der Waals surface area (Å²) in [6, 6.07) is 18.6. The Morgan fingerprint density at radius 3 is 2.41 bits per heavy atom. The smallest absolute Gasteiger partial charge is 0.408 e. The number of unbranched alkanes of at least 4 members (excludes halogenated alkanes) is 1. The topological polar surface area (TPSA) is 79.5 Å². The van der Waals surface area contributed by atoms with E-state index < -0.39 is 17.7 Å². The minimum atomic E-state index is -0.627. The number of benzene rings is 2. The van der Waals surface area contributed by atoms with Crippen LogP contribution in [0.25, 0.3) is 0 Å². The van der Waals surface area contributed by atoms with E-state index in [1.54, 1.807) is 0 Å². The Hall–Kier alpha value is -2.86. The molecule has 0 aromatic heterocycles. The molecule has 0 aliphatic heterocycles. The normalized spacial score (nSPS) is 18.1. The average Bonchev–Trinajstić information content (AvgIpc) is 3.56. The zero-order chi connectivity index (χ0) is 24.6. The molecule has 1 saturated carbocycles. The number of aryl methyl sites for hydroxylation is 1. The molecule has 184 valence electrons. The SMILES string of the molecule is Cc1ccc(CNC(=O)C(CCCCN[C@@H]2C[C@H]2c2ccccc2)NC(=O)OC(C)(C)C)cc1. The van der Waals surface area contributed by atoms with E-state index in [9.17, 15) is 9.59 Å². The van der Waals surface area contributed by atoms with E-state index in [0.29, 0.717) is 24.9 Å². The second-order valence-corrected chi connectivity index (χ2v) is 10.2. The molecule has 2 aromatic rings. The summed E-state index contributed by atoms with van der Waals surface area (Å²) in [7, 11) is 0. The van der Waals surface area contributed by atoms with Crippen molar-refractivity contribution < 1.29 is 14.3 Å². The van der Waals surface area contributed by atoms with Gasteiger partial charge in [0.1, 0.15) is 11.6 Å². The van der Waals surface area contributed by atoms with Crippen molar-refractivity contribution in [3.63, 3.8) is 0 Å². The third-order valence-corrected chi connectivity index (χ3v) is 5.94. The van der Waals surface area contributed by atoms with Crippen molar-refractivity contribution in [2.75, 3.05) is 6.54 Å². The first-order chi connectivity index (χ1) is 16.2. The highest BCUT2D eigenvalue weighted by Gasteiger charge is 2.37. The number of ether oxygens (including phenoxy) is 1. The standard InChI is InChI=1S/C28H39N3O3/c1-20-13-15-21(16-14-20)19-30-26(32)24(31-27(33)34-28(2,3)4)12-8-9-17-29-25-18-23(25)22-10-6-5-7-11-22/h5-7,10-11,13-16,23-25,29H,8-9,12,17-19H2,1-4H3,(H,30,32)(H,31,33)/t23-,24?,25+/m0/s1. The maximum atomic E-state index is 12.9. The lowest BCUT2D eigenvalue weighted by molar-refractivity contribution is -0.123. The molecular weight excluding hydrogens is 426 g/mol. The van der Waals surface area contributed by atoms with E-state index in [1.807, 2.05) is 58.0 Å². The molecule has 6 nitrogen and oxygen atoms in total. The van der Waals surface area contributed by atoms with Crippen LogP contribution in [0.3, 0.4) is 0 Å². The number of carbonyl (C=O) groups is 2. The number of alkyl carbamates (subject to hydrolysis) is 1. The molecule has 1 fully saturated rings. The van der Waals surface area contributed by atoms with E-state index in [2.05, 4.69) is 40.2 Å². The number of rotatable bonds is 11. The van der Waals surface area contributed by atoms with Crippen LogP contribution in [0.15, 0.2) is 54.6 Å². The fraction of sp³-hybridized carbons (Fsp3) is 0.500. The molecule has 6 heteroatoms. The van der Waals surface area contributed by atoms with Gasteiger partial charge < -0.3 is 20.7 Å². The van der Waals surface area contributed by atoms with Gasteiger partial charge in [0.2, 0.25) is 5.91 Å². The summed E-state index contributed by atoms with van der Waals surface area (Å²) in [6.07, 6.45) is 2.94. The van der Waals surface area contributed by atoms with Crippen molar-refractivity contribution in [3.8, 4) is 0 Å². The molecule has 0 saturated heterocycles. The first-order valence-electron chi connectivity index (χ1n) is 12.3. The summed E-state index contributed by atoms with van der Waals surface area (Å²) in [5.74, 6) is 0.418. The number of carbonyl (C=O) groups excluding carboxylic acids is 2. The first-order valence-corrected chi connectivity index (χ1v) is 12.3. The average molecular weight is 466 g/mol. The van der Waals surface area contributed by atoms with E-state index >= 15 is 0 Å². The largest absolute Gasteiger partial charge is 0.444 e. The summed E-state index contributed by atoms with van der Waals surface area (Å²) >= 11 is 0. The fourth-order valence-corrected chi connectivity index (χ4v) is 3.99. The monoisotopic (exact) mass is 465 g/mol. The van der Waals surface area contributed by atoms with Gasteiger partial charge in [0.15, 0.2) is 0 Å². The summed E-state index contributed by atoms with van der Waals surface area (Å²) in [4.78, 5) is 25.2. The van der Waals surface area contributed by atoms with Gasteiger partial charge in [0, 0.05) is 18.5 Å². The molecule has 0 radical (unpaired) electrons. The maximum absolute atomic E-state index is 12.9. The molecule has 3 N–H and O–H groups in total. The van der Waals surface area contributed by atoms with Gasteiger partial charge in [-0.05, 0) is 71.0 Å². The summed E-state index contributed by atoms with van der Waals surface area (Å²) in [6.45, 7) is 8.79. The highest BCUT2D eigenvalue weighted by atomic mass is 16.6. The van der Waals surface area contributed by atoms with Crippen LogP contribution in [0.5, 0.6) is 0 Å². The molecule has 3 atom stereocenters. The Labute approximate surface area is 203 Å². The Balaban J connectivity index is 1.43. The molecule has 0 heterocycles. The van der Waals surface area contributed by atoms with Gasteiger partial charge in [0.25, 0.3) is 0 Å². The van der Waals surface area contributed by atoms with Crippen molar-refractivity contribution >= 4 is 12.0 Å². The molecule has 1 aliphatic carbocycles. The van der Waals surface area contributed by atoms with Crippen LogP contribution in [0.2, 0.25) is 0 Å². The number of hydrogen-bond acceptors (Lipinski definition) is 4. The van der Waals surface area contributed by atoms with Crippen LogP contribution in [0, 0.1) is 6.92 Å². The van der Waals surface area contributed by atoms with Crippen LogP contribution in [-0.4, -0.2) is 36.2 Å². The van der Waals surface area contributed by atoms with Crippen LogP contribution in [0.4, 0.5) is 4.79 Å². The van der Waals surface area contributed by atoms with E-state index in [0.717, 1.165) is 24.9 Å². The molecule has 0 spiro atoms. The molecule has 2 amide bonds. The molecular formula is C28H39N3O3. The third-order valence-electron chi connectivity index (χ3n) is 5.94. The third kappa shape index (κ3) is 8.82. The Morgan fingerprint density at radius 2 is 1.74 bits per heavy atom. The predicted octanol–water partition coefficient (Wildman–Crippen LogP) is 4.82. The summed E-state index contributed by atoms with van der Waals surface area (Å²) in [5.41, 5.74) is 2.98. The lowest BCUT2D eigenvalue weighted by Crippen LogP contribution is -2.48. The van der Waals surface area contributed by atoms with Gasteiger partial charge in [-0.25, -0.2) is 4.79 Å². The number of amides is 2. The van der Waals surface area contributed by atoms with Gasteiger partial charge in [0.05, 0.1) is 0 Å².